The molecule has 0 aliphatic carbocycles. The van der Waals surface area contributed by atoms with Gasteiger partial charge in [-0.3, -0.25) is 4.79 Å². The maximum absolute atomic E-state index is 11.0. The molecule has 0 rings (SSSR count). The minimum atomic E-state index is 0.0444. The van der Waals surface area contributed by atoms with Crippen LogP contribution in [0.3, 0.4) is 0 Å². The predicted molar refractivity (Wildman–Crippen MR) is 51.7 cm³/mol. The van der Waals surface area contributed by atoms with Crippen molar-refractivity contribution in [1.29, 1.82) is 0 Å². The minimum Gasteiger partial charge on any atom is -0.431 e. The Morgan fingerprint density at radius 2 is 2.27 bits per heavy atom. The van der Waals surface area contributed by atoms with Crippen LogP contribution >= 0.6 is 9.12 Å². The summed E-state index contributed by atoms with van der Waals surface area (Å²) < 4.78 is 5.27. The van der Waals surface area contributed by atoms with Gasteiger partial charge in [0.05, 0.1) is 0 Å². The smallest absolute Gasteiger partial charge is 0.311 e. The van der Waals surface area contributed by atoms with Gasteiger partial charge in [-0.2, -0.15) is 0 Å². The lowest BCUT2D eigenvalue weighted by Crippen LogP contribution is -2.19. The fourth-order valence-electron chi connectivity index (χ4n) is 0.738. The average molecular weight is 174 g/mol. The third-order valence-corrected chi connectivity index (χ3v) is 1.70. The number of carbonyl (C=O) groups excluding carboxylic acids is 1. The van der Waals surface area contributed by atoms with Crippen molar-refractivity contribution in [3.8, 4) is 0 Å². The molecule has 2 atom stereocenters. The van der Waals surface area contributed by atoms with Gasteiger partial charge in [-0.15, -0.1) is 9.12 Å². The topological polar surface area (TPSA) is 26.3 Å². The lowest BCUT2D eigenvalue weighted by Gasteiger charge is -2.10. The van der Waals surface area contributed by atoms with E-state index in [1.807, 2.05) is 20.7 Å². The van der Waals surface area contributed by atoms with E-state index in [0.717, 1.165) is 0 Å². The summed E-state index contributed by atoms with van der Waals surface area (Å²) in [4.78, 5) is 11.0. The number of hydrogen-bond acceptors (Lipinski definition) is 2. The highest BCUT2D eigenvalue weighted by Crippen LogP contribution is 2.04. The zero-order valence-electron chi connectivity index (χ0n) is 7.46. The molecule has 0 aliphatic heterocycles. The van der Waals surface area contributed by atoms with Gasteiger partial charge in [0.1, 0.15) is 5.78 Å². The molecule has 0 N–H and O–H groups in total. The Balaban J connectivity index is 3.52. The maximum Gasteiger partial charge on any atom is 0.311 e. The standard InChI is InChI=1S/C7H16BO2P/c1-4-7(9)6(2)5-10-8(3)11/h6H,4-5,11H2,1-3H3. The van der Waals surface area contributed by atoms with E-state index in [4.69, 9.17) is 4.65 Å². The lowest BCUT2D eigenvalue weighted by molar-refractivity contribution is -0.122. The second kappa shape index (κ2) is 5.73. The van der Waals surface area contributed by atoms with Gasteiger partial charge in [0.2, 0.25) is 0 Å². The molecule has 0 aromatic carbocycles. The van der Waals surface area contributed by atoms with Crippen molar-refractivity contribution in [2.75, 3.05) is 6.61 Å². The highest BCUT2D eigenvalue weighted by Gasteiger charge is 2.11. The SMILES string of the molecule is CCC(=O)C(C)COB(C)P. The maximum atomic E-state index is 11.0. The van der Waals surface area contributed by atoms with Gasteiger partial charge in [-0.1, -0.05) is 20.7 Å². The second-order valence-electron chi connectivity index (χ2n) is 2.76. The number of hydrogen-bond donors (Lipinski definition) is 0. The van der Waals surface area contributed by atoms with E-state index >= 15 is 0 Å². The molecular weight excluding hydrogens is 158 g/mol. The molecule has 2 unspecified atom stereocenters. The Morgan fingerprint density at radius 1 is 1.73 bits per heavy atom. The van der Waals surface area contributed by atoms with Crippen LogP contribution < -0.4 is 0 Å². The van der Waals surface area contributed by atoms with Gasteiger partial charge < -0.3 is 4.65 Å². The van der Waals surface area contributed by atoms with Gasteiger partial charge in [0, 0.05) is 18.9 Å². The summed E-state index contributed by atoms with van der Waals surface area (Å²) in [5.41, 5.74) is 0. The van der Waals surface area contributed by atoms with E-state index in [9.17, 15) is 4.79 Å². The first-order chi connectivity index (χ1) is 5.07. The molecule has 2 nitrogen and oxygen atoms in total. The Hall–Kier alpha value is 0.125. The lowest BCUT2D eigenvalue weighted by atomic mass is 10.0. The van der Waals surface area contributed by atoms with Crippen LogP contribution in [0.5, 0.6) is 0 Å². The van der Waals surface area contributed by atoms with Crippen molar-refractivity contribution < 1.29 is 9.45 Å². The fourth-order valence-corrected chi connectivity index (χ4v) is 0.849. The summed E-state index contributed by atoms with van der Waals surface area (Å²) in [6, 6.07) is 0. The van der Waals surface area contributed by atoms with Crippen LogP contribution in [0.2, 0.25) is 6.82 Å². The zero-order chi connectivity index (χ0) is 8.85. The van der Waals surface area contributed by atoms with Crippen molar-refractivity contribution in [1.82, 2.24) is 0 Å². The molecular formula is C7H16BO2P. The number of rotatable bonds is 5. The van der Waals surface area contributed by atoms with E-state index in [1.165, 1.54) is 0 Å². The van der Waals surface area contributed by atoms with Crippen molar-refractivity contribution in [2.24, 2.45) is 5.92 Å². The molecule has 64 valence electrons. The van der Waals surface area contributed by atoms with Gasteiger partial charge in [-0.05, 0) is 0 Å². The number of carbonyl (C=O) groups is 1. The van der Waals surface area contributed by atoms with Crippen LogP contribution in [0, 0.1) is 5.92 Å². The first kappa shape index (κ1) is 11.1. The zero-order valence-corrected chi connectivity index (χ0v) is 8.62. The Morgan fingerprint density at radius 3 is 2.64 bits per heavy atom. The van der Waals surface area contributed by atoms with Gasteiger partial charge in [0.25, 0.3) is 0 Å². The summed E-state index contributed by atoms with van der Waals surface area (Å²) in [5.74, 6) is 0.318. The van der Waals surface area contributed by atoms with Gasteiger partial charge in [0.15, 0.2) is 0 Å². The summed E-state index contributed by atoms with van der Waals surface area (Å²) in [5, 5.41) is 0. The van der Waals surface area contributed by atoms with Crippen LogP contribution in [0.4, 0.5) is 0 Å². The molecule has 0 spiro atoms. The first-order valence-corrected chi connectivity index (χ1v) is 4.64. The molecule has 0 aromatic heterocycles. The third kappa shape index (κ3) is 5.40. The average Bonchev–Trinajstić information content (AvgIpc) is 1.98. The summed E-state index contributed by atoms with van der Waals surface area (Å²) in [6.45, 7) is 6.40. The third-order valence-electron chi connectivity index (χ3n) is 1.51. The van der Waals surface area contributed by atoms with E-state index in [0.29, 0.717) is 13.0 Å². The molecule has 4 heteroatoms. The van der Waals surface area contributed by atoms with Crippen molar-refractivity contribution in [3.63, 3.8) is 0 Å². The van der Waals surface area contributed by atoms with Crippen LogP contribution in [0.15, 0.2) is 0 Å². The molecule has 0 heterocycles. The fraction of sp³-hybridized carbons (Fsp3) is 0.857. The molecule has 0 aromatic rings. The molecule has 0 aliphatic rings. The Labute approximate surface area is 71.3 Å². The highest BCUT2D eigenvalue weighted by atomic mass is 31.0. The molecule has 0 saturated heterocycles. The quantitative estimate of drug-likeness (QED) is 0.467. The molecule has 0 saturated carbocycles. The van der Waals surface area contributed by atoms with Crippen LogP contribution in [0.1, 0.15) is 20.3 Å². The summed E-state index contributed by atoms with van der Waals surface area (Å²) in [7, 11) is 2.54. The van der Waals surface area contributed by atoms with E-state index in [-0.39, 0.29) is 18.3 Å². The number of ketones is 1. The monoisotopic (exact) mass is 174 g/mol. The molecule has 0 bridgehead atoms. The molecule has 11 heavy (non-hydrogen) atoms. The van der Waals surface area contributed by atoms with Crippen LogP contribution in [-0.2, 0) is 9.45 Å². The normalized spacial score (nSPS) is 12.7. The van der Waals surface area contributed by atoms with Gasteiger partial charge in [-0.25, -0.2) is 0 Å². The van der Waals surface area contributed by atoms with Crippen LogP contribution in [0.25, 0.3) is 0 Å². The second-order valence-corrected chi connectivity index (χ2v) is 3.70. The highest BCUT2D eigenvalue weighted by molar-refractivity contribution is 7.60. The van der Waals surface area contributed by atoms with Crippen molar-refractivity contribution >= 4 is 21.5 Å². The predicted octanol–water partition coefficient (Wildman–Crippen LogP) is 1.61. The van der Waals surface area contributed by atoms with Crippen molar-refractivity contribution in [3.05, 3.63) is 0 Å². The summed E-state index contributed by atoms with van der Waals surface area (Å²) >= 11 is 0. The van der Waals surface area contributed by atoms with Crippen molar-refractivity contribution in [2.45, 2.75) is 27.1 Å². The van der Waals surface area contributed by atoms with Crippen LogP contribution in [-0.4, -0.2) is 19.0 Å². The largest absolute Gasteiger partial charge is 0.431 e. The Kier molecular flexibility index (Phi) is 5.80. The van der Waals surface area contributed by atoms with E-state index in [2.05, 4.69) is 9.12 Å². The minimum absolute atomic E-state index is 0.0444. The Bertz CT molecular complexity index is 128. The molecule has 0 amide bonds. The summed E-state index contributed by atoms with van der Waals surface area (Å²) in [6.07, 6.45) is 0.607. The molecule has 0 radical (unpaired) electrons. The first-order valence-electron chi connectivity index (χ1n) is 3.97. The van der Waals surface area contributed by atoms with E-state index < -0.39 is 0 Å². The number of Topliss-reactive ketones (excluding diaryl/α,β-unsaturated/α-hetero) is 1. The van der Waals surface area contributed by atoms with E-state index in [1.54, 1.807) is 0 Å². The van der Waals surface area contributed by atoms with Gasteiger partial charge >= 0.3 is 6.64 Å². The molecule has 0 fully saturated rings.